The lowest BCUT2D eigenvalue weighted by molar-refractivity contribution is 0.0335. The van der Waals surface area contributed by atoms with Crippen LogP contribution in [0.25, 0.3) is 0 Å². The molecule has 2 saturated heterocycles. The average Bonchev–Trinajstić information content (AvgIpc) is 2.64. The summed E-state index contributed by atoms with van der Waals surface area (Å²) in [5.74, 6) is 0. The maximum Gasteiger partial charge on any atom is 0.0594 e. The van der Waals surface area contributed by atoms with Gasteiger partial charge in [-0.05, 0) is 19.5 Å². The normalized spacial score (nSPS) is 25.2. The second-order valence-electron chi connectivity index (χ2n) is 5.28. The number of nitrogens with two attached hydrogens (primary N) is 1. The zero-order chi connectivity index (χ0) is 12.6. The average molecular weight is 256 g/mol. The van der Waals surface area contributed by atoms with Crippen molar-refractivity contribution in [2.75, 3.05) is 78.7 Å². The molecule has 2 aliphatic rings. The van der Waals surface area contributed by atoms with Gasteiger partial charge in [0.25, 0.3) is 0 Å². The van der Waals surface area contributed by atoms with Crippen molar-refractivity contribution in [2.45, 2.75) is 6.42 Å². The van der Waals surface area contributed by atoms with E-state index in [0.717, 1.165) is 39.4 Å². The Morgan fingerprint density at radius 1 is 0.722 bits per heavy atom. The standard InChI is InChI=1S/C13H28N4O/c14-2-5-15-3-1-4-16(7-6-15)8-9-17-10-12-18-13-11-17/h1-14H2. The van der Waals surface area contributed by atoms with E-state index in [-0.39, 0.29) is 0 Å². The summed E-state index contributed by atoms with van der Waals surface area (Å²) in [6.07, 6.45) is 1.28. The minimum atomic E-state index is 0.785. The predicted octanol–water partition coefficient (Wildman–Crippen LogP) is -0.715. The number of morpholine rings is 1. The van der Waals surface area contributed by atoms with Crippen LogP contribution in [0.3, 0.4) is 0 Å². The van der Waals surface area contributed by atoms with Gasteiger partial charge in [-0.1, -0.05) is 0 Å². The van der Waals surface area contributed by atoms with Gasteiger partial charge in [0.2, 0.25) is 0 Å². The Hall–Kier alpha value is -0.200. The number of ether oxygens (including phenoxy) is 1. The first kappa shape index (κ1) is 14.2. The molecule has 2 aliphatic heterocycles. The van der Waals surface area contributed by atoms with Crippen molar-refractivity contribution in [3.05, 3.63) is 0 Å². The summed E-state index contributed by atoms with van der Waals surface area (Å²) in [5, 5.41) is 0. The summed E-state index contributed by atoms with van der Waals surface area (Å²) < 4.78 is 5.38. The van der Waals surface area contributed by atoms with Crippen LogP contribution in [0.15, 0.2) is 0 Å². The van der Waals surface area contributed by atoms with E-state index in [9.17, 15) is 0 Å². The highest BCUT2D eigenvalue weighted by molar-refractivity contribution is 4.72. The van der Waals surface area contributed by atoms with Crippen molar-refractivity contribution in [3.63, 3.8) is 0 Å². The van der Waals surface area contributed by atoms with Gasteiger partial charge in [-0.2, -0.15) is 0 Å². The smallest absolute Gasteiger partial charge is 0.0594 e. The van der Waals surface area contributed by atoms with Gasteiger partial charge in [-0.15, -0.1) is 0 Å². The van der Waals surface area contributed by atoms with Gasteiger partial charge in [-0.3, -0.25) is 4.90 Å². The molecule has 2 fully saturated rings. The summed E-state index contributed by atoms with van der Waals surface area (Å²) in [5.41, 5.74) is 5.63. The Morgan fingerprint density at radius 3 is 1.89 bits per heavy atom. The summed E-state index contributed by atoms with van der Waals surface area (Å²) >= 11 is 0. The fourth-order valence-corrected chi connectivity index (χ4v) is 2.76. The molecule has 0 aliphatic carbocycles. The lowest BCUT2D eigenvalue weighted by atomic mass is 10.3. The molecule has 0 amide bonds. The molecule has 0 bridgehead atoms. The molecule has 5 heteroatoms. The molecule has 106 valence electrons. The molecule has 0 saturated carbocycles. The van der Waals surface area contributed by atoms with Gasteiger partial charge >= 0.3 is 0 Å². The lowest BCUT2D eigenvalue weighted by Gasteiger charge is -2.29. The van der Waals surface area contributed by atoms with E-state index in [2.05, 4.69) is 14.7 Å². The van der Waals surface area contributed by atoms with Crippen molar-refractivity contribution in [1.29, 1.82) is 0 Å². The van der Waals surface area contributed by atoms with Crippen molar-refractivity contribution < 1.29 is 4.74 Å². The number of rotatable bonds is 5. The first-order valence-corrected chi connectivity index (χ1v) is 7.33. The summed E-state index contributed by atoms with van der Waals surface area (Å²) in [7, 11) is 0. The molecule has 5 nitrogen and oxygen atoms in total. The van der Waals surface area contributed by atoms with Crippen LogP contribution in [0.2, 0.25) is 0 Å². The summed E-state index contributed by atoms with van der Waals surface area (Å²) in [6.45, 7) is 13.1. The van der Waals surface area contributed by atoms with Crippen LogP contribution in [0.1, 0.15) is 6.42 Å². The SMILES string of the molecule is NCCN1CCCN(CCN2CCOCC2)CC1. The minimum Gasteiger partial charge on any atom is -0.379 e. The second-order valence-corrected chi connectivity index (χ2v) is 5.28. The van der Waals surface area contributed by atoms with Crippen LogP contribution in [0.5, 0.6) is 0 Å². The van der Waals surface area contributed by atoms with E-state index in [0.29, 0.717) is 0 Å². The van der Waals surface area contributed by atoms with Crippen LogP contribution in [0, 0.1) is 0 Å². The van der Waals surface area contributed by atoms with E-state index in [4.69, 9.17) is 10.5 Å². The van der Waals surface area contributed by atoms with E-state index in [1.807, 2.05) is 0 Å². The molecule has 0 aromatic carbocycles. The van der Waals surface area contributed by atoms with E-state index in [1.54, 1.807) is 0 Å². The Kier molecular flexibility index (Phi) is 6.37. The summed E-state index contributed by atoms with van der Waals surface area (Å²) in [6, 6.07) is 0. The second kappa shape index (κ2) is 8.07. The highest BCUT2D eigenvalue weighted by Gasteiger charge is 2.16. The third-order valence-electron chi connectivity index (χ3n) is 3.96. The van der Waals surface area contributed by atoms with Crippen molar-refractivity contribution in [1.82, 2.24) is 14.7 Å². The third-order valence-corrected chi connectivity index (χ3v) is 3.96. The van der Waals surface area contributed by atoms with Gasteiger partial charge < -0.3 is 20.3 Å². The zero-order valence-corrected chi connectivity index (χ0v) is 11.5. The largest absolute Gasteiger partial charge is 0.379 e. The monoisotopic (exact) mass is 256 g/mol. The van der Waals surface area contributed by atoms with Gasteiger partial charge in [0, 0.05) is 52.4 Å². The number of hydrogen-bond donors (Lipinski definition) is 1. The fraction of sp³-hybridized carbons (Fsp3) is 1.00. The van der Waals surface area contributed by atoms with Crippen LogP contribution in [-0.2, 0) is 4.74 Å². The summed E-state index contributed by atoms with van der Waals surface area (Å²) in [4.78, 5) is 7.62. The topological polar surface area (TPSA) is 45.0 Å². The maximum absolute atomic E-state index is 5.63. The Morgan fingerprint density at radius 2 is 1.28 bits per heavy atom. The zero-order valence-electron chi connectivity index (χ0n) is 11.5. The van der Waals surface area contributed by atoms with Crippen LogP contribution < -0.4 is 5.73 Å². The Balaban J connectivity index is 1.63. The molecule has 2 N–H and O–H groups in total. The molecule has 2 heterocycles. The van der Waals surface area contributed by atoms with Crippen LogP contribution in [-0.4, -0.2) is 93.4 Å². The van der Waals surface area contributed by atoms with Crippen molar-refractivity contribution in [2.24, 2.45) is 5.73 Å². The molecule has 0 spiro atoms. The number of nitrogens with zero attached hydrogens (tertiary/aromatic N) is 3. The molecular weight excluding hydrogens is 228 g/mol. The first-order valence-electron chi connectivity index (χ1n) is 7.33. The Bertz CT molecular complexity index is 221. The van der Waals surface area contributed by atoms with Crippen molar-refractivity contribution >= 4 is 0 Å². The van der Waals surface area contributed by atoms with E-state index >= 15 is 0 Å². The molecule has 0 radical (unpaired) electrons. The molecule has 0 unspecified atom stereocenters. The van der Waals surface area contributed by atoms with Gasteiger partial charge in [0.05, 0.1) is 13.2 Å². The number of hydrogen-bond acceptors (Lipinski definition) is 5. The molecule has 18 heavy (non-hydrogen) atoms. The quantitative estimate of drug-likeness (QED) is 0.704. The van der Waals surface area contributed by atoms with Crippen molar-refractivity contribution in [3.8, 4) is 0 Å². The van der Waals surface area contributed by atoms with Gasteiger partial charge in [0.15, 0.2) is 0 Å². The van der Waals surface area contributed by atoms with Gasteiger partial charge in [-0.25, -0.2) is 0 Å². The molecule has 0 aromatic heterocycles. The van der Waals surface area contributed by atoms with E-state index in [1.165, 1.54) is 45.7 Å². The highest BCUT2D eigenvalue weighted by Crippen LogP contribution is 2.03. The van der Waals surface area contributed by atoms with Crippen LogP contribution in [0.4, 0.5) is 0 Å². The predicted molar refractivity (Wildman–Crippen MR) is 73.8 cm³/mol. The first-order chi connectivity index (χ1) is 8.88. The van der Waals surface area contributed by atoms with Crippen LogP contribution >= 0.6 is 0 Å². The lowest BCUT2D eigenvalue weighted by Crippen LogP contribution is -2.42. The molecule has 0 atom stereocenters. The Labute approximate surface area is 111 Å². The highest BCUT2D eigenvalue weighted by atomic mass is 16.5. The van der Waals surface area contributed by atoms with Gasteiger partial charge in [0.1, 0.15) is 0 Å². The molecule has 0 aromatic rings. The fourth-order valence-electron chi connectivity index (χ4n) is 2.76. The van der Waals surface area contributed by atoms with E-state index < -0.39 is 0 Å². The molecule has 2 rings (SSSR count). The molecular formula is C13H28N4O. The minimum absolute atomic E-state index is 0.785. The maximum atomic E-state index is 5.63. The third kappa shape index (κ3) is 4.82.